The van der Waals surface area contributed by atoms with E-state index in [0.717, 1.165) is 50.3 Å². The van der Waals surface area contributed by atoms with E-state index in [-0.39, 0.29) is 6.03 Å². The normalized spacial score (nSPS) is 15.9. The van der Waals surface area contributed by atoms with Crippen molar-refractivity contribution in [1.82, 2.24) is 4.90 Å². The minimum atomic E-state index is 0.00253. The quantitative estimate of drug-likeness (QED) is 0.811. The number of nitrogens with zero attached hydrogens (tertiary/aromatic N) is 2. The van der Waals surface area contributed by atoms with Gasteiger partial charge in [0, 0.05) is 37.4 Å². The molecule has 0 bridgehead atoms. The van der Waals surface area contributed by atoms with Gasteiger partial charge in [-0.05, 0) is 49.4 Å². The Morgan fingerprint density at radius 3 is 2.42 bits per heavy atom. The summed E-state index contributed by atoms with van der Waals surface area (Å²) in [6.45, 7) is 4.69. The Hall–Kier alpha value is -2.22. The second-order valence-electron chi connectivity index (χ2n) is 6.59. The Balaban J connectivity index is 1.78. The summed E-state index contributed by atoms with van der Waals surface area (Å²) in [5.74, 6) is 0.465. The number of anilines is 2. The zero-order chi connectivity index (χ0) is 17.2. The molecule has 1 fully saturated rings. The van der Waals surface area contributed by atoms with Crippen molar-refractivity contribution >= 4 is 17.4 Å². The Morgan fingerprint density at radius 1 is 1.17 bits per heavy atom. The first-order valence-electron chi connectivity index (χ1n) is 8.96. The molecule has 130 valence electrons. The van der Waals surface area contributed by atoms with E-state index in [9.17, 15) is 4.79 Å². The van der Waals surface area contributed by atoms with E-state index in [1.807, 2.05) is 29.2 Å². The van der Waals surface area contributed by atoms with E-state index in [1.165, 1.54) is 12.8 Å². The zero-order valence-corrected chi connectivity index (χ0v) is 14.6. The Bertz CT molecular complexity index is 541. The number of hydrogen-bond donors (Lipinski definition) is 2. The van der Waals surface area contributed by atoms with Crippen molar-refractivity contribution in [3.8, 4) is 6.07 Å². The van der Waals surface area contributed by atoms with Crippen LogP contribution in [0.4, 0.5) is 16.2 Å². The van der Waals surface area contributed by atoms with Crippen molar-refractivity contribution < 1.29 is 4.79 Å². The van der Waals surface area contributed by atoms with Gasteiger partial charge in [0.1, 0.15) is 0 Å². The van der Waals surface area contributed by atoms with Crippen LogP contribution in [0, 0.1) is 17.2 Å². The van der Waals surface area contributed by atoms with Gasteiger partial charge in [0.15, 0.2) is 0 Å². The highest BCUT2D eigenvalue weighted by atomic mass is 16.2. The van der Waals surface area contributed by atoms with Gasteiger partial charge in [-0.15, -0.1) is 0 Å². The second-order valence-corrected chi connectivity index (χ2v) is 6.59. The highest BCUT2D eigenvalue weighted by Gasteiger charge is 2.15. The number of rotatable bonds is 6. The second kappa shape index (κ2) is 9.82. The van der Waals surface area contributed by atoms with Gasteiger partial charge in [0.25, 0.3) is 0 Å². The molecule has 0 spiro atoms. The molecule has 2 amide bonds. The molecule has 5 nitrogen and oxygen atoms in total. The first kappa shape index (κ1) is 18.1. The summed E-state index contributed by atoms with van der Waals surface area (Å²) >= 11 is 0. The third kappa shape index (κ3) is 6.11. The first-order chi connectivity index (χ1) is 11.7. The Kier molecular flexibility index (Phi) is 7.41. The van der Waals surface area contributed by atoms with Crippen LogP contribution < -0.4 is 10.6 Å². The summed E-state index contributed by atoms with van der Waals surface area (Å²) in [5, 5.41) is 15.0. The fraction of sp³-hybridized carbons (Fsp3) is 0.579. The van der Waals surface area contributed by atoms with Crippen LogP contribution in [0.2, 0.25) is 0 Å². The van der Waals surface area contributed by atoms with Crippen LogP contribution in [0.15, 0.2) is 24.3 Å². The SMILES string of the molecule is CC(CCC#N)CNc1ccc(NC(=O)N2CCCCCC2)cc1. The number of likely N-dealkylation sites (tertiary alicyclic amines) is 1. The summed E-state index contributed by atoms with van der Waals surface area (Å²) in [4.78, 5) is 14.2. The number of amides is 2. The minimum absolute atomic E-state index is 0.00253. The Labute approximate surface area is 145 Å². The molecular formula is C19H28N4O. The average Bonchev–Trinajstić information content (AvgIpc) is 2.88. The monoisotopic (exact) mass is 328 g/mol. The van der Waals surface area contributed by atoms with Crippen LogP contribution in [0.3, 0.4) is 0 Å². The largest absolute Gasteiger partial charge is 0.385 e. The molecule has 1 unspecified atom stereocenters. The number of nitrogens with one attached hydrogen (secondary N) is 2. The first-order valence-corrected chi connectivity index (χ1v) is 8.96. The Morgan fingerprint density at radius 2 is 1.79 bits per heavy atom. The molecule has 5 heteroatoms. The lowest BCUT2D eigenvalue weighted by Crippen LogP contribution is -2.35. The molecular weight excluding hydrogens is 300 g/mol. The lowest BCUT2D eigenvalue weighted by atomic mass is 10.1. The maximum absolute atomic E-state index is 12.3. The minimum Gasteiger partial charge on any atom is -0.385 e. The van der Waals surface area contributed by atoms with E-state index >= 15 is 0 Å². The molecule has 1 aliphatic heterocycles. The van der Waals surface area contributed by atoms with Gasteiger partial charge in [-0.2, -0.15) is 5.26 Å². The van der Waals surface area contributed by atoms with Crippen LogP contribution >= 0.6 is 0 Å². The van der Waals surface area contributed by atoms with Crippen LogP contribution in [0.5, 0.6) is 0 Å². The molecule has 1 aliphatic rings. The van der Waals surface area contributed by atoms with Gasteiger partial charge < -0.3 is 15.5 Å². The standard InChI is InChI=1S/C19H28N4O/c1-16(7-6-12-20)15-21-17-8-10-18(11-9-17)22-19(24)23-13-4-2-3-5-14-23/h8-11,16,21H,2-7,13-15H2,1H3,(H,22,24). The molecule has 24 heavy (non-hydrogen) atoms. The number of carbonyl (C=O) groups excluding carboxylic acids is 1. The molecule has 1 aromatic rings. The van der Waals surface area contributed by atoms with Crippen molar-refractivity contribution in [3.63, 3.8) is 0 Å². The summed E-state index contributed by atoms with van der Waals surface area (Å²) in [6.07, 6.45) is 6.15. The van der Waals surface area contributed by atoms with Gasteiger partial charge in [-0.25, -0.2) is 4.79 Å². The molecule has 1 heterocycles. The summed E-state index contributed by atoms with van der Waals surface area (Å²) in [5.41, 5.74) is 1.86. The van der Waals surface area contributed by atoms with Crippen LogP contribution in [0.25, 0.3) is 0 Å². The summed E-state index contributed by atoms with van der Waals surface area (Å²) in [6, 6.07) is 10.0. The molecule has 1 saturated heterocycles. The lowest BCUT2D eigenvalue weighted by molar-refractivity contribution is 0.214. The average molecular weight is 328 g/mol. The van der Waals surface area contributed by atoms with Gasteiger partial charge in [-0.3, -0.25) is 0 Å². The van der Waals surface area contributed by atoms with Gasteiger partial charge >= 0.3 is 6.03 Å². The van der Waals surface area contributed by atoms with Crippen LogP contribution in [-0.4, -0.2) is 30.6 Å². The highest BCUT2D eigenvalue weighted by Crippen LogP contribution is 2.16. The number of benzene rings is 1. The van der Waals surface area contributed by atoms with Crippen LogP contribution in [-0.2, 0) is 0 Å². The van der Waals surface area contributed by atoms with Crippen LogP contribution in [0.1, 0.15) is 45.4 Å². The predicted octanol–water partition coefficient (Wildman–Crippen LogP) is 4.45. The molecule has 0 aliphatic carbocycles. The van der Waals surface area contributed by atoms with Crippen molar-refractivity contribution in [2.24, 2.45) is 5.92 Å². The molecule has 0 saturated carbocycles. The lowest BCUT2D eigenvalue weighted by Gasteiger charge is -2.21. The predicted molar refractivity (Wildman–Crippen MR) is 98.0 cm³/mol. The van der Waals surface area contributed by atoms with E-state index in [0.29, 0.717) is 12.3 Å². The van der Waals surface area contributed by atoms with Gasteiger partial charge in [-0.1, -0.05) is 19.8 Å². The molecule has 1 aromatic carbocycles. The fourth-order valence-corrected chi connectivity index (χ4v) is 2.85. The molecule has 1 atom stereocenters. The summed E-state index contributed by atoms with van der Waals surface area (Å²) < 4.78 is 0. The maximum atomic E-state index is 12.3. The van der Waals surface area contributed by atoms with Crippen molar-refractivity contribution in [2.45, 2.75) is 45.4 Å². The van der Waals surface area contributed by atoms with E-state index < -0.39 is 0 Å². The highest BCUT2D eigenvalue weighted by molar-refractivity contribution is 5.89. The smallest absolute Gasteiger partial charge is 0.321 e. The van der Waals surface area contributed by atoms with Crippen molar-refractivity contribution in [2.75, 3.05) is 30.3 Å². The number of hydrogen-bond acceptors (Lipinski definition) is 3. The molecule has 0 aromatic heterocycles. The third-order valence-electron chi connectivity index (χ3n) is 4.43. The molecule has 0 radical (unpaired) electrons. The number of urea groups is 1. The zero-order valence-electron chi connectivity index (χ0n) is 14.6. The van der Waals surface area contributed by atoms with E-state index in [4.69, 9.17) is 5.26 Å². The van der Waals surface area contributed by atoms with E-state index in [1.54, 1.807) is 0 Å². The van der Waals surface area contributed by atoms with E-state index in [2.05, 4.69) is 23.6 Å². The van der Waals surface area contributed by atoms with Gasteiger partial charge in [0.05, 0.1) is 6.07 Å². The van der Waals surface area contributed by atoms with Gasteiger partial charge in [0.2, 0.25) is 0 Å². The molecule has 2 N–H and O–H groups in total. The number of carbonyl (C=O) groups is 1. The summed E-state index contributed by atoms with van der Waals surface area (Å²) in [7, 11) is 0. The topological polar surface area (TPSA) is 68.2 Å². The van der Waals surface area contributed by atoms with Crippen molar-refractivity contribution in [1.29, 1.82) is 5.26 Å². The number of nitriles is 1. The molecule has 2 rings (SSSR count). The van der Waals surface area contributed by atoms with Crippen molar-refractivity contribution in [3.05, 3.63) is 24.3 Å². The third-order valence-corrected chi connectivity index (χ3v) is 4.43. The maximum Gasteiger partial charge on any atom is 0.321 e. The fourth-order valence-electron chi connectivity index (χ4n) is 2.85.